The molecule has 0 bridgehead atoms. The molecular formula is C10H14BrNO4S2. The van der Waals surface area contributed by atoms with Crippen LogP contribution in [0.2, 0.25) is 0 Å². The van der Waals surface area contributed by atoms with E-state index in [0.29, 0.717) is 0 Å². The van der Waals surface area contributed by atoms with E-state index in [9.17, 15) is 13.2 Å². The first-order valence-corrected chi connectivity index (χ1v) is 8.16. The molecule has 18 heavy (non-hydrogen) atoms. The maximum absolute atomic E-state index is 12.2. The molecule has 1 aromatic heterocycles. The van der Waals surface area contributed by atoms with Gasteiger partial charge in [0.1, 0.15) is 4.21 Å². The van der Waals surface area contributed by atoms with Crippen molar-refractivity contribution in [2.24, 2.45) is 5.92 Å². The van der Waals surface area contributed by atoms with Crippen LogP contribution in [0.15, 0.2) is 14.1 Å². The number of rotatable bonds is 5. The average molecular weight is 356 g/mol. The summed E-state index contributed by atoms with van der Waals surface area (Å²) in [7, 11) is -2.22. The number of halogens is 1. The molecule has 1 N–H and O–H groups in total. The summed E-state index contributed by atoms with van der Waals surface area (Å²) in [6, 6.07) is 1.58. The summed E-state index contributed by atoms with van der Waals surface area (Å²) in [5, 5.41) is 8.79. The third-order valence-electron chi connectivity index (χ3n) is 2.45. The Hall–Kier alpha value is -0.440. The van der Waals surface area contributed by atoms with Gasteiger partial charge < -0.3 is 5.11 Å². The molecule has 0 saturated carbocycles. The number of carboxylic acids is 1. The monoisotopic (exact) mass is 355 g/mol. The highest BCUT2D eigenvalue weighted by Gasteiger charge is 2.26. The Morgan fingerprint density at radius 3 is 2.56 bits per heavy atom. The quantitative estimate of drug-likeness (QED) is 0.877. The highest BCUT2D eigenvalue weighted by atomic mass is 79.9. The molecule has 0 fully saturated rings. The average Bonchev–Trinajstić information content (AvgIpc) is 2.59. The standard InChI is InChI=1S/C10H14BrNO4S2/c1-6-4-8(17-9(6)11)18(15,16)12(3)5-7(2)10(13)14/h4,7H,5H2,1-3H3,(H,13,14). The van der Waals surface area contributed by atoms with Gasteiger partial charge in [-0.1, -0.05) is 6.92 Å². The van der Waals surface area contributed by atoms with Crippen LogP contribution in [0.4, 0.5) is 0 Å². The van der Waals surface area contributed by atoms with Crippen molar-refractivity contribution in [2.45, 2.75) is 18.1 Å². The maximum atomic E-state index is 12.2. The molecule has 0 radical (unpaired) electrons. The molecule has 0 spiro atoms. The van der Waals surface area contributed by atoms with E-state index < -0.39 is 21.9 Å². The highest BCUT2D eigenvalue weighted by molar-refractivity contribution is 9.11. The number of carboxylic acid groups (broad SMARTS) is 1. The number of nitrogens with zero attached hydrogens (tertiary/aromatic N) is 1. The van der Waals surface area contributed by atoms with Gasteiger partial charge in [0.05, 0.1) is 9.70 Å². The van der Waals surface area contributed by atoms with Gasteiger partial charge in [0.15, 0.2) is 0 Å². The Bertz CT molecular complexity index is 533. The largest absolute Gasteiger partial charge is 0.481 e. The Kier molecular flexibility index (Phi) is 4.93. The number of hydrogen-bond acceptors (Lipinski definition) is 4. The van der Waals surface area contributed by atoms with Crippen LogP contribution < -0.4 is 0 Å². The lowest BCUT2D eigenvalue weighted by Crippen LogP contribution is -2.33. The Labute approximate surface area is 119 Å². The van der Waals surface area contributed by atoms with Crippen LogP contribution in [0.25, 0.3) is 0 Å². The number of aliphatic carboxylic acids is 1. The molecule has 1 aromatic rings. The summed E-state index contributed by atoms with van der Waals surface area (Å²) < 4.78 is 26.4. The van der Waals surface area contributed by atoms with Gasteiger partial charge in [0, 0.05) is 13.6 Å². The van der Waals surface area contributed by atoms with Crippen LogP contribution in [0.3, 0.4) is 0 Å². The van der Waals surface area contributed by atoms with E-state index in [1.807, 2.05) is 0 Å². The fourth-order valence-corrected chi connectivity index (χ4v) is 4.97. The van der Waals surface area contributed by atoms with E-state index >= 15 is 0 Å². The van der Waals surface area contributed by atoms with Crippen LogP contribution in [0, 0.1) is 12.8 Å². The molecule has 102 valence electrons. The first-order valence-electron chi connectivity index (χ1n) is 5.11. The Morgan fingerprint density at radius 1 is 1.61 bits per heavy atom. The molecule has 0 aliphatic rings. The second kappa shape index (κ2) is 5.68. The van der Waals surface area contributed by atoms with Gasteiger partial charge in [-0.15, -0.1) is 11.3 Å². The zero-order chi connectivity index (χ0) is 14.1. The zero-order valence-electron chi connectivity index (χ0n) is 10.2. The van der Waals surface area contributed by atoms with Crippen molar-refractivity contribution >= 4 is 43.3 Å². The fourth-order valence-electron chi connectivity index (χ4n) is 1.27. The molecule has 0 aliphatic carbocycles. The predicted molar refractivity (Wildman–Crippen MR) is 73.4 cm³/mol. The SMILES string of the molecule is Cc1cc(S(=O)(=O)N(C)CC(C)C(=O)O)sc1Br. The lowest BCUT2D eigenvalue weighted by atomic mass is 10.2. The van der Waals surface area contributed by atoms with Gasteiger partial charge in [-0.3, -0.25) is 4.79 Å². The Balaban J connectivity index is 2.96. The summed E-state index contributed by atoms with van der Waals surface area (Å²) in [5.41, 5.74) is 0.846. The third-order valence-corrected chi connectivity index (χ3v) is 6.86. The number of carbonyl (C=O) groups is 1. The summed E-state index contributed by atoms with van der Waals surface area (Å²) >= 11 is 4.40. The van der Waals surface area contributed by atoms with Crippen molar-refractivity contribution in [3.05, 3.63) is 15.4 Å². The normalized spacial score (nSPS) is 13.8. The number of hydrogen-bond donors (Lipinski definition) is 1. The maximum Gasteiger partial charge on any atom is 0.307 e. The minimum Gasteiger partial charge on any atom is -0.481 e. The molecule has 0 amide bonds. The van der Waals surface area contributed by atoms with Crippen molar-refractivity contribution in [1.29, 1.82) is 0 Å². The summed E-state index contributed by atoms with van der Waals surface area (Å²) in [6.45, 7) is 3.23. The topological polar surface area (TPSA) is 74.7 Å². The van der Waals surface area contributed by atoms with E-state index in [-0.39, 0.29) is 10.8 Å². The van der Waals surface area contributed by atoms with Gasteiger partial charge in [-0.25, -0.2) is 8.42 Å². The highest BCUT2D eigenvalue weighted by Crippen LogP contribution is 2.32. The second-order valence-corrected chi connectivity index (χ2v) is 8.69. The summed E-state index contributed by atoms with van der Waals surface area (Å²) in [4.78, 5) is 10.7. The van der Waals surface area contributed by atoms with Crippen LogP contribution >= 0.6 is 27.3 Å². The van der Waals surface area contributed by atoms with Gasteiger partial charge >= 0.3 is 5.97 Å². The molecule has 1 atom stereocenters. The van der Waals surface area contributed by atoms with Gasteiger partial charge in [0.2, 0.25) is 0 Å². The molecule has 8 heteroatoms. The lowest BCUT2D eigenvalue weighted by molar-refractivity contribution is -0.141. The van der Waals surface area contributed by atoms with Crippen LogP contribution in [0.1, 0.15) is 12.5 Å². The van der Waals surface area contributed by atoms with Gasteiger partial charge in [-0.05, 0) is 34.5 Å². The smallest absolute Gasteiger partial charge is 0.307 e. The number of thiophene rings is 1. The van der Waals surface area contributed by atoms with Gasteiger partial charge in [-0.2, -0.15) is 4.31 Å². The number of aryl methyl sites for hydroxylation is 1. The van der Waals surface area contributed by atoms with E-state index in [1.165, 1.54) is 14.0 Å². The van der Waals surface area contributed by atoms with E-state index in [1.54, 1.807) is 13.0 Å². The van der Waals surface area contributed by atoms with Crippen LogP contribution in [0.5, 0.6) is 0 Å². The fraction of sp³-hybridized carbons (Fsp3) is 0.500. The van der Waals surface area contributed by atoms with Crippen molar-refractivity contribution in [3.8, 4) is 0 Å². The van der Waals surface area contributed by atoms with Crippen LogP contribution in [-0.4, -0.2) is 37.4 Å². The molecule has 0 aliphatic heterocycles. The first kappa shape index (κ1) is 15.6. The van der Waals surface area contributed by atoms with Crippen molar-refractivity contribution < 1.29 is 18.3 Å². The Morgan fingerprint density at radius 2 is 2.17 bits per heavy atom. The predicted octanol–water partition coefficient (Wildman–Crippen LogP) is 2.16. The number of sulfonamides is 1. The van der Waals surface area contributed by atoms with Crippen LogP contribution in [-0.2, 0) is 14.8 Å². The van der Waals surface area contributed by atoms with Crippen molar-refractivity contribution in [3.63, 3.8) is 0 Å². The molecule has 0 aromatic carbocycles. The molecule has 1 heterocycles. The molecule has 1 unspecified atom stereocenters. The first-order chi connectivity index (χ1) is 8.16. The van der Waals surface area contributed by atoms with E-state index in [0.717, 1.165) is 25.0 Å². The minimum atomic E-state index is -3.61. The third kappa shape index (κ3) is 3.31. The molecule has 0 saturated heterocycles. The molecule has 5 nitrogen and oxygen atoms in total. The summed E-state index contributed by atoms with van der Waals surface area (Å²) in [6.07, 6.45) is 0. The second-order valence-electron chi connectivity index (χ2n) is 4.05. The molecular weight excluding hydrogens is 342 g/mol. The van der Waals surface area contributed by atoms with E-state index in [4.69, 9.17) is 5.11 Å². The zero-order valence-corrected chi connectivity index (χ0v) is 13.4. The summed E-state index contributed by atoms with van der Waals surface area (Å²) in [5.74, 6) is -1.75. The minimum absolute atomic E-state index is 0.0494. The van der Waals surface area contributed by atoms with Crippen molar-refractivity contribution in [1.82, 2.24) is 4.31 Å². The lowest BCUT2D eigenvalue weighted by Gasteiger charge is -2.18. The van der Waals surface area contributed by atoms with Crippen molar-refractivity contribution in [2.75, 3.05) is 13.6 Å². The molecule has 1 rings (SSSR count). The van der Waals surface area contributed by atoms with Gasteiger partial charge in [0.25, 0.3) is 10.0 Å². The van der Waals surface area contributed by atoms with E-state index in [2.05, 4.69) is 15.9 Å².